The molecule has 36 heavy (non-hydrogen) atoms. The van der Waals surface area contributed by atoms with Gasteiger partial charge in [0, 0.05) is 35.4 Å². The topological polar surface area (TPSA) is 73.5 Å². The summed E-state index contributed by atoms with van der Waals surface area (Å²) in [5, 5.41) is 16.1. The monoisotopic (exact) mass is 501 g/mol. The molecule has 1 amide bonds. The maximum Gasteiger partial charge on any atom is 0.246 e. The highest BCUT2D eigenvalue weighted by Gasteiger charge is 2.30. The van der Waals surface area contributed by atoms with Crippen LogP contribution in [0.4, 0.5) is 11.4 Å². The Morgan fingerprint density at radius 3 is 2.67 bits per heavy atom. The normalized spacial score (nSPS) is 17.5. The van der Waals surface area contributed by atoms with Crippen LogP contribution in [0.15, 0.2) is 53.2 Å². The van der Waals surface area contributed by atoms with Crippen LogP contribution in [0.25, 0.3) is 22.2 Å². The fourth-order valence-corrected chi connectivity index (χ4v) is 6.12. The van der Waals surface area contributed by atoms with Crippen LogP contribution in [-0.4, -0.2) is 60.4 Å². The van der Waals surface area contributed by atoms with Gasteiger partial charge in [-0.2, -0.15) is 16.4 Å². The second-order valence-electron chi connectivity index (χ2n) is 9.62. The number of likely N-dealkylation sites (tertiary alicyclic amines) is 1. The predicted octanol–water partition coefficient (Wildman–Crippen LogP) is 5.21. The van der Waals surface area contributed by atoms with Crippen molar-refractivity contribution < 1.29 is 9.53 Å². The summed E-state index contributed by atoms with van der Waals surface area (Å²) >= 11 is 1.64. The van der Waals surface area contributed by atoms with E-state index in [9.17, 15) is 4.79 Å². The molecule has 0 bridgehead atoms. The summed E-state index contributed by atoms with van der Waals surface area (Å²) in [5.74, 6) is 0.0189. The van der Waals surface area contributed by atoms with Crippen molar-refractivity contribution in [3.8, 4) is 11.3 Å². The molecule has 4 heterocycles. The summed E-state index contributed by atoms with van der Waals surface area (Å²) in [4.78, 5) is 18.1. The van der Waals surface area contributed by atoms with Gasteiger partial charge in [-0.05, 0) is 91.1 Å². The Kier molecular flexibility index (Phi) is 6.48. The molecule has 2 fully saturated rings. The number of hydrogen-bond donors (Lipinski definition) is 2. The first-order valence-electron chi connectivity index (χ1n) is 12.7. The molecule has 186 valence electrons. The number of aromatic nitrogens is 2. The second kappa shape index (κ2) is 10.0. The minimum absolute atomic E-state index is 0.0189. The Balaban J connectivity index is 1.27. The Morgan fingerprint density at radius 2 is 1.92 bits per heavy atom. The number of carbonyl (C=O) groups is 1. The first kappa shape index (κ1) is 23.2. The summed E-state index contributed by atoms with van der Waals surface area (Å²) in [6.45, 7) is 7.43. The van der Waals surface area contributed by atoms with Crippen molar-refractivity contribution in [1.29, 1.82) is 0 Å². The van der Waals surface area contributed by atoms with E-state index in [1.54, 1.807) is 11.3 Å². The average Bonchev–Trinajstić information content (AvgIpc) is 3.68. The molecule has 6 rings (SSSR count). The van der Waals surface area contributed by atoms with Crippen molar-refractivity contribution in [1.82, 2.24) is 15.1 Å². The third kappa shape index (κ3) is 4.52. The number of aryl methyl sites for hydroxylation is 1. The van der Waals surface area contributed by atoms with Gasteiger partial charge in [0.05, 0.1) is 24.4 Å². The summed E-state index contributed by atoms with van der Waals surface area (Å²) in [6.07, 6.45) is 2.28. The van der Waals surface area contributed by atoms with Crippen molar-refractivity contribution in [3.63, 3.8) is 0 Å². The number of nitrogens with zero attached hydrogens (tertiary/aromatic N) is 3. The molecule has 0 radical (unpaired) electrons. The van der Waals surface area contributed by atoms with Crippen molar-refractivity contribution >= 4 is 39.5 Å². The molecule has 2 N–H and O–H groups in total. The van der Waals surface area contributed by atoms with Gasteiger partial charge in [0.1, 0.15) is 6.04 Å². The van der Waals surface area contributed by atoms with Crippen LogP contribution in [0, 0.1) is 6.92 Å². The van der Waals surface area contributed by atoms with Gasteiger partial charge >= 0.3 is 0 Å². The average molecular weight is 502 g/mol. The molecular weight excluding hydrogens is 470 g/mol. The first-order chi connectivity index (χ1) is 17.7. The van der Waals surface area contributed by atoms with Gasteiger partial charge in [-0.15, -0.1) is 0 Å². The van der Waals surface area contributed by atoms with Gasteiger partial charge < -0.3 is 15.0 Å². The van der Waals surface area contributed by atoms with Crippen LogP contribution in [0.5, 0.6) is 0 Å². The number of carbonyl (C=O) groups excluding carboxylic acids is 1. The van der Waals surface area contributed by atoms with E-state index in [4.69, 9.17) is 4.74 Å². The van der Waals surface area contributed by atoms with Crippen LogP contribution in [0.3, 0.4) is 0 Å². The lowest BCUT2D eigenvalue weighted by Gasteiger charge is -2.30. The van der Waals surface area contributed by atoms with Crippen LogP contribution in [0.1, 0.15) is 30.0 Å². The first-order valence-corrected chi connectivity index (χ1v) is 13.6. The number of nitrogens with one attached hydrogen (secondary N) is 2. The zero-order valence-corrected chi connectivity index (χ0v) is 21.3. The van der Waals surface area contributed by atoms with E-state index in [1.807, 2.05) is 23.6 Å². The number of rotatable bonds is 6. The van der Waals surface area contributed by atoms with Gasteiger partial charge in [-0.1, -0.05) is 6.07 Å². The molecule has 0 aliphatic carbocycles. The smallest absolute Gasteiger partial charge is 0.246 e. The van der Waals surface area contributed by atoms with E-state index in [-0.39, 0.29) is 11.9 Å². The molecule has 8 heteroatoms. The zero-order valence-electron chi connectivity index (χ0n) is 20.5. The highest BCUT2D eigenvalue weighted by atomic mass is 32.1. The van der Waals surface area contributed by atoms with Crippen molar-refractivity contribution in [2.24, 2.45) is 0 Å². The van der Waals surface area contributed by atoms with E-state index in [0.29, 0.717) is 0 Å². The maximum absolute atomic E-state index is 13.5. The highest BCUT2D eigenvalue weighted by Crippen LogP contribution is 2.33. The lowest BCUT2D eigenvalue weighted by molar-refractivity contribution is -0.121. The number of morpholine rings is 1. The predicted molar refractivity (Wildman–Crippen MR) is 146 cm³/mol. The number of anilines is 2. The second-order valence-corrected chi connectivity index (χ2v) is 10.4. The van der Waals surface area contributed by atoms with Crippen molar-refractivity contribution in [3.05, 3.63) is 64.4 Å². The van der Waals surface area contributed by atoms with Crippen LogP contribution in [0.2, 0.25) is 0 Å². The summed E-state index contributed by atoms with van der Waals surface area (Å²) in [5.41, 5.74) is 7.23. The van der Waals surface area contributed by atoms with E-state index >= 15 is 0 Å². The molecule has 2 aromatic heterocycles. The van der Waals surface area contributed by atoms with Gasteiger partial charge in [0.2, 0.25) is 5.91 Å². The largest absolute Gasteiger partial charge is 0.378 e. The Bertz CT molecular complexity index is 1350. The SMILES string of the molecule is Cc1cc(-c2n[nH]c3ccc(NC(=O)C(c4ccsc4)N4CCCC4)cc23)ccc1N1CCOCC1. The maximum atomic E-state index is 13.5. The Morgan fingerprint density at radius 1 is 1.08 bits per heavy atom. The summed E-state index contributed by atoms with van der Waals surface area (Å²) in [7, 11) is 0. The molecule has 2 aromatic carbocycles. The molecule has 7 nitrogen and oxygen atoms in total. The van der Waals surface area contributed by atoms with Crippen molar-refractivity contribution in [2.75, 3.05) is 49.6 Å². The van der Waals surface area contributed by atoms with Crippen molar-refractivity contribution in [2.45, 2.75) is 25.8 Å². The molecule has 0 saturated carbocycles. The highest BCUT2D eigenvalue weighted by molar-refractivity contribution is 7.08. The quantitative estimate of drug-likeness (QED) is 0.379. The van der Waals surface area contributed by atoms with Gasteiger partial charge in [-0.3, -0.25) is 14.8 Å². The Labute approximate surface area is 215 Å². The number of ether oxygens (including phenoxy) is 1. The summed E-state index contributed by atoms with van der Waals surface area (Å²) < 4.78 is 5.51. The number of thiophene rings is 1. The van der Waals surface area contributed by atoms with E-state index in [2.05, 4.69) is 61.9 Å². The summed E-state index contributed by atoms with van der Waals surface area (Å²) in [6, 6.07) is 14.3. The number of amides is 1. The van der Waals surface area contributed by atoms with Gasteiger partial charge in [0.25, 0.3) is 0 Å². The number of aromatic amines is 1. The zero-order chi connectivity index (χ0) is 24.5. The molecule has 1 unspecified atom stereocenters. The fourth-order valence-electron chi connectivity index (χ4n) is 5.44. The molecule has 4 aromatic rings. The number of H-pyrrole nitrogens is 1. The molecule has 0 spiro atoms. The third-order valence-electron chi connectivity index (χ3n) is 7.27. The fraction of sp³-hybridized carbons (Fsp3) is 0.357. The van der Waals surface area contributed by atoms with Gasteiger partial charge in [0.15, 0.2) is 0 Å². The lowest BCUT2D eigenvalue weighted by Crippen LogP contribution is -2.36. The molecule has 1 atom stereocenters. The molecule has 2 aliphatic rings. The standard InChI is InChI=1S/C28H31N5O2S/c1-19-16-20(4-7-25(19)32-11-13-35-14-12-32)26-23-17-22(5-6-24(23)30-31-26)29-28(34)27(21-8-15-36-18-21)33-9-2-3-10-33/h4-8,15-18,27H,2-3,9-14H2,1H3,(H,29,34)(H,30,31). The van der Waals surface area contributed by atoms with Crippen LogP contribution in [-0.2, 0) is 9.53 Å². The number of hydrogen-bond acceptors (Lipinski definition) is 6. The minimum atomic E-state index is -0.256. The lowest BCUT2D eigenvalue weighted by atomic mass is 10.0. The molecular formula is C28H31N5O2S. The van der Waals surface area contributed by atoms with E-state index in [1.165, 1.54) is 11.3 Å². The minimum Gasteiger partial charge on any atom is -0.378 e. The van der Waals surface area contributed by atoms with E-state index < -0.39 is 0 Å². The number of fused-ring (bicyclic) bond motifs is 1. The third-order valence-corrected chi connectivity index (χ3v) is 7.97. The molecule has 2 aliphatic heterocycles. The number of benzene rings is 2. The Hall–Kier alpha value is -3.20. The molecule has 2 saturated heterocycles. The van der Waals surface area contributed by atoms with Crippen LogP contribution < -0.4 is 10.2 Å². The van der Waals surface area contributed by atoms with E-state index in [0.717, 1.165) is 85.6 Å². The van der Waals surface area contributed by atoms with Crippen LogP contribution >= 0.6 is 11.3 Å². The van der Waals surface area contributed by atoms with Gasteiger partial charge in [-0.25, -0.2) is 0 Å².